The van der Waals surface area contributed by atoms with E-state index in [0.717, 1.165) is 6.42 Å². The molecular weight excluding hydrogens is 384 g/mol. The first-order valence-corrected chi connectivity index (χ1v) is 9.40. The maximum atomic E-state index is 10.7. The first-order chi connectivity index (χ1) is 14.0. The number of imidazole rings is 1. The number of aliphatic hydroxyl groups is 2. The minimum absolute atomic E-state index is 0.0158. The molecule has 4 rings (SSSR count). The zero-order valence-electron chi connectivity index (χ0n) is 15.6. The van der Waals surface area contributed by atoms with E-state index in [1.165, 1.54) is 12.7 Å². The van der Waals surface area contributed by atoms with Crippen LogP contribution in [-0.2, 0) is 19.0 Å². The van der Waals surface area contributed by atoms with Crippen LogP contribution in [0.15, 0.2) is 12.7 Å². The van der Waals surface area contributed by atoms with Crippen molar-refractivity contribution in [2.45, 2.75) is 43.4 Å². The molecule has 12 heteroatoms. The van der Waals surface area contributed by atoms with E-state index in [2.05, 4.69) is 20.3 Å². The number of ether oxygens (including phenoxy) is 3. The molecule has 12 nitrogen and oxygen atoms in total. The van der Waals surface area contributed by atoms with Gasteiger partial charge in [0.15, 0.2) is 23.2 Å². The van der Waals surface area contributed by atoms with Gasteiger partial charge in [-0.25, -0.2) is 15.0 Å². The van der Waals surface area contributed by atoms with Crippen LogP contribution in [0, 0.1) is 0 Å². The molecule has 1 radical (unpaired) electrons. The van der Waals surface area contributed by atoms with Crippen molar-refractivity contribution < 1.29 is 29.2 Å². The number of fused-ring (bicyclic) bond motifs is 1. The van der Waals surface area contributed by atoms with E-state index in [-0.39, 0.29) is 25.7 Å². The Bertz CT molecular complexity index is 856. The maximum absolute atomic E-state index is 10.7. The first-order valence-electron chi connectivity index (χ1n) is 9.40. The highest BCUT2D eigenvalue weighted by molar-refractivity contribution is 5.82. The van der Waals surface area contributed by atoms with Gasteiger partial charge >= 0.3 is 0 Å². The zero-order valence-corrected chi connectivity index (χ0v) is 15.6. The molecule has 2 aliphatic heterocycles. The summed E-state index contributed by atoms with van der Waals surface area (Å²) in [5.41, 5.74) is 7.84. The number of aromatic nitrogens is 4. The summed E-state index contributed by atoms with van der Waals surface area (Å²) in [4.78, 5) is 23.5. The molecule has 0 aromatic carbocycles. The summed E-state index contributed by atoms with van der Waals surface area (Å²) in [5, 5.41) is 24.1. The fraction of sp³-hybridized carbons (Fsp3) is 0.647. The molecule has 2 aromatic rings. The molecule has 0 unspecified atom stereocenters. The second-order valence-corrected chi connectivity index (χ2v) is 7.05. The topological polar surface area (TPSA) is 165 Å². The van der Waals surface area contributed by atoms with Crippen LogP contribution in [0.2, 0.25) is 0 Å². The van der Waals surface area contributed by atoms with E-state index >= 15 is 0 Å². The van der Waals surface area contributed by atoms with E-state index in [9.17, 15) is 15.0 Å². The summed E-state index contributed by atoms with van der Waals surface area (Å²) >= 11 is 0. The van der Waals surface area contributed by atoms with Crippen LogP contribution < -0.4 is 11.1 Å². The van der Waals surface area contributed by atoms with Gasteiger partial charge in [0.1, 0.15) is 24.6 Å². The maximum Gasteiger partial charge on any atom is 0.240 e. The van der Waals surface area contributed by atoms with Gasteiger partial charge in [0.2, 0.25) is 5.91 Å². The van der Waals surface area contributed by atoms with Crippen molar-refractivity contribution in [2.24, 2.45) is 0 Å². The fourth-order valence-corrected chi connectivity index (χ4v) is 3.45. The third kappa shape index (κ3) is 4.16. The number of nitrogens with one attached hydrogen (secondary N) is 2. The van der Waals surface area contributed by atoms with E-state index in [1.807, 2.05) is 0 Å². The van der Waals surface area contributed by atoms with Gasteiger partial charge in [-0.2, -0.15) is 0 Å². The van der Waals surface area contributed by atoms with Crippen molar-refractivity contribution in [1.29, 1.82) is 0 Å². The van der Waals surface area contributed by atoms with Crippen molar-refractivity contribution >= 4 is 22.9 Å². The minimum Gasteiger partial charge on any atom is -0.387 e. The van der Waals surface area contributed by atoms with Crippen molar-refractivity contribution in [2.75, 3.05) is 31.7 Å². The Morgan fingerprint density at radius 2 is 2.21 bits per heavy atom. The second kappa shape index (κ2) is 8.55. The Hall–Kier alpha value is -2.38. The number of aliphatic hydroxyl groups excluding tert-OH is 2. The highest BCUT2D eigenvalue weighted by Crippen LogP contribution is 2.32. The van der Waals surface area contributed by atoms with E-state index in [0.29, 0.717) is 30.2 Å². The molecule has 2 fully saturated rings. The number of rotatable bonds is 8. The fourth-order valence-electron chi connectivity index (χ4n) is 3.45. The lowest BCUT2D eigenvalue weighted by Crippen LogP contribution is -2.34. The number of hydrogen-bond acceptors (Lipinski definition) is 10. The van der Waals surface area contributed by atoms with Gasteiger partial charge in [-0.15, -0.1) is 0 Å². The molecule has 0 bridgehead atoms. The van der Waals surface area contributed by atoms with Crippen LogP contribution in [0.1, 0.15) is 19.1 Å². The van der Waals surface area contributed by atoms with Crippen LogP contribution in [0.4, 0.5) is 5.82 Å². The largest absolute Gasteiger partial charge is 0.387 e. The third-order valence-corrected chi connectivity index (χ3v) is 5.00. The molecule has 0 aliphatic carbocycles. The van der Waals surface area contributed by atoms with Gasteiger partial charge in [-0.05, 0) is 6.42 Å². The summed E-state index contributed by atoms with van der Waals surface area (Å²) in [7, 11) is 0. The summed E-state index contributed by atoms with van der Waals surface area (Å²) < 4.78 is 18.0. The molecule has 29 heavy (non-hydrogen) atoms. The highest BCUT2D eigenvalue weighted by Gasteiger charge is 2.44. The summed E-state index contributed by atoms with van der Waals surface area (Å²) in [5.74, 6) is -0.161. The Labute approximate surface area is 166 Å². The average molecular weight is 407 g/mol. The molecule has 2 saturated heterocycles. The Kier molecular flexibility index (Phi) is 5.87. The predicted molar refractivity (Wildman–Crippen MR) is 97.6 cm³/mol. The Balaban J connectivity index is 1.48. The lowest BCUT2D eigenvalue weighted by Gasteiger charge is -2.17. The van der Waals surface area contributed by atoms with Crippen molar-refractivity contribution in [1.82, 2.24) is 25.3 Å². The van der Waals surface area contributed by atoms with Gasteiger partial charge in [-0.3, -0.25) is 15.1 Å². The lowest BCUT2D eigenvalue weighted by atomic mass is 10.1. The van der Waals surface area contributed by atoms with Gasteiger partial charge in [0, 0.05) is 6.61 Å². The van der Waals surface area contributed by atoms with E-state index in [4.69, 9.17) is 19.9 Å². The van der Waals surface area contributed by atoms with Crippen molar-refractivity contribution in [3.05, 3.63) is 12.7 Å². The summed E-state index contributed by atoms with van der Waals surface area (Å²) in [6.45, 7) is 1.32. The van der Waals surface area contributed by atoms with Gasteiger partial charge < -0.3 is 29.7 Å². The Morgan fingerprint density at radius 1 is 1.34 bits per heavy atom. The number of hydrogen-bond donors (Lipinski definition) is 3. The minimum atomic E-state index is -1.21. The Morgan fingerprint density at radius 3 is 2.97 bits per heavy atom. The monoisotopic (exact) mass is 407 g/mol. The molecule has 0 spiro atoms. The summed E-state index contributed by atoms with van der Waals surface area (Å²) in [6, 6.07) is 0.144. The van der Waals surface area contributed by atoms with Gasteiger partial charge in [0.25, 0.3) is 0 Å². The quantitative estimate of drug-likeness (QED) is 0.456. The molecule has 157 valence electrons. The number of amides is 1. The first kappa shape index (κ1) is 19.9. The average Bonchev–Trinajstić information content (AvgIpc) is 3.41. The van der Waals surface area contributed by atoms with Crippen LogP contribution in [-0.4, -0.2) is 86.4 Å². The molecule has 4 heterocycles. The second-order valence-electron chi connectivity index (χ2n) is 7.05. The standard InChI is InChI=1S/C17H23N6O6/c18-11(24)2-4-28-6-10-13(25)14(26)17(29-10)23-8-21-12-15(19-7-20-16(12)23)22-9-1-3-27-5-9/h7-10,13-14,17-18,25-26H,1-6H2,(H,19,20,22)/t9-,10-,13+,14-,17-/m1/s1. The third-order valence-electron chi connectivity index (χ3n) is 5.00. The van der Waals surface area contributed by atoms with E-state index < -0.39 is 30.4 Å². The van der Waals surface area contributed by atoms with Crippen LogP contribution in [0.25, 0.3) is 11.2 Å². The molecule has 1 amide bonds. The van der Waals surface area contributed by atoms with Gasteiger partial charge in [0.05, 0.1) is 38.6 Å². The molecule has 2 aliphatic rings. The highest BCUT2D eigenvalue weighted by atomic mass is 16.6. The summed E-state index contributed by atoms with van der Waals surface area (Å²) in [6.07, 6.45) is -0.377. The molecular formula is C17H23N6O6. The van der Waals surface area contributed by atoms with Gasteiger partial charge in [-0.1, -0.05) is 0 Å². The van der Waals surface area contributed by atoms with Crippen LogP contribution in [0.3, 0.4) is 0 Å². The van der Waals surface area contributed by atoms with Crippen molar-refractivity contribution in [3.63, 3.8) is 0 Å². The lowest BCUT2D eigenvalue weighted by molar-refractivity contribution is -0.120. The number of carbonyl (C=O) groups excluding carboxylic acids is 1. The van der Waals surface area contributed by atoms with E-state index in [1.54, 1.807) is 4.57 Å². The number of carbonyl (C=O) groups is 1. The number of nitrogens with zero attached hydrogens (tertiary/aromatic N) is 4. The molecule has 2 aromatic heterocycles. The number of anilines is 1. The SMILES string of the molecule is [NH]C(=O)CCOC[C@H]1O[C@@H](n2cnc3c(N[C@@H]4CCOC4)ncnc32)[C@H](O)[C@H]1O. The molecule has 4 N–H and O–H groups in total. The normalized spacial score (nSPS) is 29.5. The molecule has 5 atom stereocenters. The van der Waals surface area contributed by atoms with Crippen LogP contribution >= 0.6 is 0 Å². The van der Waals surface area contributed by atoms with Crippen molar-refractivity contribution in [3.8, 4) is 0 Å². The molecule has 0 saturated carbocycles. The zero-order chi connectivity index (χ0) is 20.4. The predicted octanol–water partition coefficient (Wildman–Crippen LogP) is -1.14. The smallest absolute Gasteiger partial charge is 0.240 e. The van der Waals surface area contributed by atoms with Crippen LogP contribution in [0.5, 0.6) is 0 Å².